The highest BCUT2D eigenvalue weighted by molar-refractivity contribution is 5.89. The maximum Gasteiger partial charge on any atom is 0.242 e. The molecule has 4 fully saturated rings. The molecule has 4 aliphatic carbocycles. The van der Waals surface area contributed by atoms with E-state index in [1.807, 2.05) is 59.5 Å². The molecule has 3 amide bonds. The van der Waals surface area contributed by atoms with Gasteiger partial charge in [0, 0.05) is 26.1 Å². The van der Waals surface area contributed by atoms with Crippen LogP contribution in [0.3, 0.4) is 0 Å². The van der Waals surface area contributed by atoms with Crippen LogP contribution in [0.5, 0.6) is 0 Å². The molecule has 2 atom stereocenters. The molecule has 0 radical (unpaired) electrons. The van der Waals surface area contributed by atoms with E-state index in [0.29, 0.717) is 56.7 Å². The molecule has 4 aliphatic rings. The van der Waals surface area contributed by atoms with Gasteiger partial charge in [0.1, 0.15) is 0 Å². The van der Waals surface area contributed by atoms with Gasteiger partial charge in [0.25, 0.3) is 0 Å². The van der Waals surface area contributed by atoms with Crippen molar-refractivity contribution >= 4 is 39.3 Å². The molecule has 5 N–H and O–H groups in total. The zero-order valence-electron chi connectivity index (χ0n) is 34.4. The number of nitrogens with zero attached hydrogens (tertiary/aromatic N) is 2. The molecule has 0 unspecified atom stereocenters. The molecule has 4 bridgehead atoms. The summed E-state index contributed by atoms with van der Waals surface area (Å²) >= 11 is 0. The number of fused-ring (bicyclic) bond motifs is 2. The van der Waals surface area contributed by atoms with Crippen molar-refractivity contribution < 1.29 is 14.4 Å². The fraction of sp³-hybridized carbons (Fsp3) is 0.431. The number of unbranched alkanes of at least 4 members (excludes halogenated alkanes) is 1. The van der Waals surface area contributed by atoms with Crippen LogP contribution in [0.25, 0.3) is 21.5 Å². The van der Waals surface area contributed by atoms with Gasteiger partial charge < -0.3 is 26.6 Å². The minimum absolute atomic E-state index is 0.00938. The van der Waals surface area contributed by atoms with E-state index in [1.54, 1.807) is 4.90 Å². The summed E-state index contributed by atoms with van der Waals surface area (Å²) in [5.74, 6) is 1.75. The minimum Gasteiger partial charge on any atom is -0.350 e. The molecule has 8 nitrogen and oxygen atoms in total. The zero-order valence-corrected chi connectivity index (χ0v) is 34.4. The normalized spacial score (nSPS) is 21.6. The van der Waals surface area contributed by atoms with Crippen LogP contribution >= 0.6 is 0 Å². The first-order chi connectivity index (χ1) is 28.7. The van der Waals surface area contributed by atoms with E-state index in [2.05, 4.69) is 66.0 Å². The van der Waals surface area contributed by atoms with Gasteiger partial charge in [-0.2, -0.15) is 0 Å². The number of nitrogens with one attached hydrogen (secondary N) is 1. The fourth-order valence-electron chi connectivity index (χ4n) is 11.2. The summed E-state index contributed by atoms with van der Waals surface area (Å²) < 4.78 is 0. The second kappa shape index (κ2) is 18.5. The average molecular weight is 792 g/mol. The summed E-state index contributed by atoms with van der Waals surface area (Å²) in [7, 11) is 0. The molecule has 5 aromatic rings. The highest BCUT2D eigenvalue weighted by Gasteiger charge is 2.52. The van der Waals surface area contributed by atoms with Crippen LogP contribution in [0.4, 0.5) is 0 Å². The molecule has 5 aromatic carbocycles. The summed E-state index contributed by atoms with van der Waals surface area (Å²) in [6.07, 6.45) is 10.2. The van der Waals surface area contributed by atoms with Gasteiger partial charge in [0.15, 0.2) is 0 Å². The third-order valence-corrected chi connectivity index (χ3v) is 13.6. The van der Waals surface area contributed by atoms with E-state index in [9.17, 15) is 4.79 Å². The highest BCUT2D eigenvalue weighted by atomic mass is 16.2. The van der Waals surface area contributed by atoms with Crippen molar-refractivity contribution in [1.29, 1.82) is 0 Å². The van der Waals surface area contributed by atoms with Gasteiger partial charge in [-0.15, -0.1) is 0 Å². The predicted molar refractivity (Wildman–Crippen MR) is 237 cm³/mol. The van der Waals surface area contributed by atoms with Crippen LogP contribution in [-0.4, -0.2) is 59.2 Å². The Hall–Kier alpha value is -5.05. The quantitative estimate of drug-likeness (QED) is 0.0775. The zero-order chi connectivity index (χ0) is 40.8. The van der Waals surface area contributed by atoms with Crippen LogP contribution in [0.2, 0.25) is 0 Å². The Morgan fingerprint density at radius 1 is 0.661 bits per heavy atom. The molecular formula is C51H61N5O3. The van der Waals surface area contributed by atoms with E-state index in [0.717, 1.165) is 70.3 Å². The molecule has 8 heteroatoms. The van der Waals surface area contributed by atoms with Gasteiger partial charge in [-0.3, -0.25) is 14.4 Å². The Kier molecular flexibility index (Phi) is 12.7. The molecular weight excluding hydrogens is 731 g/mol. The second-order valence-electron chi connectivity index (χ2n) is 18.2. The van der Waals surface area contributed by atoms with Crippen LogP contribution in [0, 0.1) is 23.2 Å². The highest BCUT2D eigenvalue weighted by Crippen LogP contribution is 2.61. The van der Waals surface area contributed by atoms with Gasteiger partial charge in [-0.25, -0.2) is 0 Å². The maximum atomic E-state index is 15.1. The van der Waals surface area contributed by atoms with Crippen LogP contribution < -0.4 is 16.8 Å². The van der Waals surface area contributed by atoms with Gasteiger partial charge in [0.2, 0.25) is 17.7 Å². The van der Waals surface area contributed by atoms with Crippen LogP contribution in [0.15, 0.2) is 115 Å². The number of benzene rings is 5. The number of amides is 3. The van der Waals surface area contributed by atoms with Gasteiger partial charge in [-0.05, 0) is 126 Å². The van der Waals surface area contributed by atoms with Crippen molar-refractivity contribution in [3.8, 4) is 0 Å². The van der Waals surface area contributed by atoms with Crippen molar-refractivity contribution in [2.45, 2.75) is 95.8 Å². The average Bonchev–Trinajstić information content (AvgIpc) is 3.23. The van der Waals surface area contributed by atoms with Crippen molar-refractivity contribution in [3.63, 3.8) is 0 Å². The number of hydrogen-bond donors (Lipinski definition) is 3. The monoisotopic (exact) mass is 791 g/mol. The minimum atomic E-state index is -0.686. The van der Waals surface area contributed by atoms with E-state index in [-0.39, 0.29) is 36.2 Å². The Morgan fingerprint density at radius 2 is 1.20 bits per heavy atom. The summed E-state index contributed by atoms with van der Waals surface area (Å²) in [4.78, 5) is 47.6. The van der Waals surface area contributed by atoms with Crippen molar-refractivity contribution in [2.75, 3.05) is 19.6 Å². The maximum absolute atomic E-state index is 15.1. The number of rotatable bonds is 18. The Balaban J connectivity index is 1.11. The van der Waals surface area contributed by atoms with Gasteiger partial charge >= 0.3 is 0 Å². The summed E-state index contributed by atoms with van der Waals surface area (Å²) in [5, 5.41) is 7.70. The van der Waals surface area contributed by atoms with Crippen molar-refractivity contribution in [2.24, 2.45) is 34.6 Å². The predicted octanol–water partition coefficient (Wildman–Crippen LogP) is 8.14. The van der Waals surface area contributed by atoms with E-state index < -0.39 is 12.1 Å². The van der Waals surface area contributed by atoms with E-state index in [4.69, 9.17) is 11.5 Å². The standard InChI is InChI=1S/C51H61N5O3/c52-23-9-8-22-47(53)50(59)54-44(27-36-12-2-1-3-13-36)34-56(48(57)31-51-28-37-24-38(29-51)26-39(25-37)30-51)35-49(58)55(32-42-18-10-16-40-14-4-6-20-45(40)42)33-43-19-11-17-41-15-5-7-21-46(41)43/h1-7,10-21,37-39,44,47H,8-9,22-35,52-53H2,(H,54,59)/t37?,38?,39?,44-,47-,51?/m0/s1. The molecule has 0 aromatic heterocycles. The van der Waals surface area contributed by atoms with Crippen molar-refractivity contribution in [3.05, 3.63) is 132 Å². The molecule has 0 spiro atoms. The van der Waals surface area contributed by atoms with Crippen LogP contribution in [-0.2, 0) is 33.9 Å². The van der Waals surface area contributed by atoms with E-state index in [1.165, 1.54) is 19.3 Å². The first-order valence-corrected chi connectivity index (χ1v) is 22.0. The topological polar surface area (TPSA) is 122 Å². The van der Waals surface area contributed by atoms with Gasteiger partial charge in [0.05, 0.1) is 18.6 Å². The molecule has 9 rings (SSSR count). The lowest BCUT2D eigenvalue weighted by Gasteiger charge is -2.57. The summed E-state index contributed by atoms with van der Waals surface area (Å²) in [6, 6.07) is 38.0. The molecule has 4 saturated carbocycles. The van der Waals surface area contributed by atoms with Crippen LogP contribution in [0.1, 0.15) is 80.9 Å². The SMILES string of the molecule is NCCCC[C@H](N)C(=O)N[C@@H](Cc1ccccc1)CN(CC(=O)N(Cc1cccc2ccccc12)Cc1cccc2ccccc12)C(=O)CC12CC3CC(CC(C3)C1)C2. The lowest BCUT2D eigenvalue weighted by atomic mass is 9.49. The number of hydrogen-bond acceptors (Lipinski definition) is 5. The van der Waals surface area contributed by atoms with Gasteiger partial charge in [-0.1, -0.05) is 122 Å². The summed E-state index contributed by atoms with van der Waals surface area (Å²) in [6.45, 7) is 1.47. The molecule has 0 aliphatic heterocycles. The van der Waals surface area contributed by atoms with E-state index >= 15 is 9.59 Å². The molecule has 0 saturated heterocycles. The number of nitrogens with two attached hydrogens (primary N) is 2. The molecule has 59 heavy (non-hydrogen) atoms. The first kappa shape index (κ1) is 40.7. The second-order valence-corrected chi connectivity index (χ2v) is 18.2. The Morgan fingerprint density at radius 3 is 1.78 bits per heavy atom. The number of carbonyl (C=O) groups excluding carboxylic acids is 3. The third-order valence-electron chi connectivity index (χ3n) is 13.6. The largest absolute Gasteiger partial charge is 0.350 e. The summed E-state index contributed by atoms with van der Waals surface area (Å²) in [5.41, 5.74) is 15.3. The molecule has 308 valence electrons. The first-order valence-electron chi connectivity index (χ1n) is 22.0. The third kappa shape index (κ3) is 9.88. The lowest BCUT2D eigenvalue weighted by Crippen LogP contribution is -2.54. The van der Waals surface area contributed by atoms with Crippen molar-refractivity contribution in [1.82, 2.24) is 15.1 Å². The molecule has 0 heterocycles. The Bertz CT molecular complexity index is 2110. The lowest BCUT2D eigenvalue weighted by molar-refractivity contribution is -0.146. The smallest absolute Gasteiger partial charge is 0.242 e. The number of carbonyl (C=O) groups is 3. The Labute approximate surface area is 349 Å². The fourth-order valence-corrected chi connectivity index (χ4v) is 11.2.